The van der Waals surface area contributed by atoms with Crippen LogP contribution in [0.15, 0.2) is 87.2 Å². The Labute approximate surface area is 198 Å². The Bertz CT molecular complexity index is 1490. The Balaban J connectivity index is 1.66. The second-order valence-electron chi connectivity index (χ2n) is 7.19. The highest BCUT2D eigenvalue weighted by Gasteiger charge is 2.23. The molecular weight excluding hydrogens is 508 g/mol. The number of pyridine rings is 2. The van der Waals surface area contributed by atoms with Crippen molar-refractivity contribution in [1.82, 2.24) is 15.3 Å². The van der Waals surface area contributed by atoms with E-state index in [4.69, 9.17) is 0 Å². The van der Waals surface area contributed by atoms with Gasteiger partial charge in [-0.1, -0.05) is 22.0 Å². The molecule has 0 aliphatic rings. The lowest BCUT2D eigenvalue weighted by Gasteiger charge is -2.19. The summed E-state index contributed by atoms with van der Waals surface area (Å²) in [5.41, 5.74) is 0.855. The molecule has 33 heavy (non-hydrogen) atoms. The van der Waals surface area contributed by atoms with Gasteiger partial charge < -0.3 is 10.3 Å². The molecule has 0 unspecified atom stereocenters. The number of rotatable bonds is 6. The molecule has 0 spiro atoms. The fourth-order valence-electron chi connectivity index (χ4n) is 3.24. The van der Waals surface area contributed by atoms with Crippen LogP contribution in [0.2, 0.25) is 0 Å². The molecule has 8 nitrogen and oxygen atoms in total. The summed E-state index contributed by atoms with van der Waals surface area (Å²) in [5.74, 6) is -0.580. The van der Waals surface area contributed by atoms with E-state index in [1.54, 1.807) is 48.7 Å². The van der Waals surface area contributed by atoms with Gasteiger partial charge in [0.05, 0.1) is 22.8 Å². The van der Waals surface area contributed by atoms with Crippen LogP contribution in [-0.2, 0) is 16.6 Å². The van der Waals surface area contributed by atoms with Gasteiger partial charge in [0.2, 0.25) is 5.43 Å². The van der Waals surface area contributed by atoms with E-state index in [0.29, 0.717) is 16.9 Å². The summed E-state index contributed by atoms with van der Waals surface area (Å²) in [5, 5.41) is 2.76. The van der Waals surface area contributed by atoms with Gasteiger partial charge in [-0.3, -0.25) is 18.9 Å². The Morgan fingerprint density at radius 2 is 1.88 bits per heavy atom. The maximum absolute atomic E-state index is 13.2. The average Bonchev–Trinajstić information content (AvgIpc) is 2.83. The van der Waals surface area contributed by atoms with Crippen molar-refractivity contribution >= 4 is 48.5 Å². The predicted molar refractivity (Wildman–Crippen MR) is 130 cm³/mol. The normalized spacial score (nSPS) is 11.3. The minimum atomic E-state index is -3.94. The Kier molecular flexibility index (Phi) is 6.30. The smallest absolute Gasteiger partial charge is 0.264 e. The van der Waals surface area contributed by atoms with Crippen LogP contribution in [0.5, 0.6) is 0 Å². The van der Waals surface area contributed by atoms with Gasteiger partial charge in [-0.15, -0.1) is 0 Å². The third kappa shape index (κ3) is 4.67. The number of anilines is 1. The van der Waals surface area contributed by atoms with Crippen molar-refractivity contribution in [1.29, 1.82) is 0 Å². The highest BCUT2D eigenvalue weighted by Crippen LogP contribution is 2.25. The largest absolute Gasteiger partial charge is 0.360 e. The minimum Gasteiger partial charge on any atom is -0.360 e. The molecule has 0 saturated carbocycles. The number of hydrogen-bond donors (Lipinski definition) is 2. The van der Waals surface area contributed by atoms with Crippen molar-refractivity contribution < 1.29 is 13.2 Å². The van der Waals surface area contributed by atoms with Crippen LogP contribution in [0.1, 0.15) is 16.1 Å². The number of carbonyl (C=O) groups excluding carboxylic acids is 1. The molecule has 1 amide bonds. The lowest BCUT2D eigenvalue weighted by Crippen LogP contribution is -2.29. The molecule has 0 radical (unpaired) electrons. The molecule has 2 aromatic heterocycles. The first-order valence-corrected chi connectivity index (χ1v) is 12.1. The lowest BCUT2D eigenvalue weighted by atomic mass is 10.1. The van der Waals surface area contributed by atoms with Gasteiger partial charge in [0.25, 0.3) is 15.9 Å². The van der Waals surface area contributed by atoms with E-state index in [1.165, 1.54) is 31.4 Å². The molecule has 0 aliphatic carbocycles. The minimum absolute atomic E-state index is 0.0584. The summed E-state index contributed by atoms with van der Waals surface area (Å²) in [6, 6.07) is 16.3. The molecule has 0 atom stereocenters. The zero-order valence-corrected chi connectivity index (χ0v) is 19.9. The van der Waals surface area contributed by atoms with Crippen molar-refractivity contribution in [3.63, 3.8) is 0 Å². The van der Waals surface area contributed by atoms with Gasteiger partial charge >= 0.3 is 0 Å². The number of benzene rings is 2. The number of sulfonamides is 1. The molecule has 2 N–H and O–H groups in total. The number of hydrogen-bond acceptors (Lipinski definition) is 5. The summed E-state index contributed by atoms with van der Waals surface area (Å²) >= 11 is 3.33. The quantitative estimate of drug-likeness (QED) is 0.399. The number of nitrogens with one attached hydrogen (secondary N) is 2. The standard InChI is InChI=1S/C23H19BrN4O4S/c1-28(17-7-5-15(24)6-8-17)33(31,32)18-9-10-21-19(12-18)22(29)20(14-26-21)23(30)27-13-16-4-2-3-11-25-16/h2-12,14H,13H2,1H3,(H,26,29)(H,27,30). The zero-order valence-electron chi connectivity index (χ0n) is 17.4. The maximum Gasteiger partial charge on any atom is 0.264 e. The number of carbonyl (C=O) groups is 1. The summed E-state index contributed by atoms with van der Waals surface area (Å²) in [7, 11) is -2.50. The summed E-state index contributed by atoms with van der Waals surface area (Å²) in [4.78, 5) is 32.6. The molecular formula is C23H19BrN4O4S. The highest BCUT2D eigenvalue weighted by molar-refractivity contribution is 9.10. The summed E-state index contributed by atoms with van der Waals surface area (Å²) in [6.07, 6.45) is 2.93. The van der Waals surface area contributed by atoms with Crippen LogP contribution in [0.4, 0.5) is 5.69 Å². The predicted octanol–water partition coefficient (Wildman–Crippen LogP) is 3.44. The SMILES string of the molecule is CN(c1ccc(Br)cc1)S(=O)(=O)c1ccc2[nH]cc(C(=O)NCc3ccccn3)c(=O)c2c1. The molecule has 0 aliphatic heterocycles. The van der Waals surface area contributed by atoms with Crippen molar-refractivity contribution in [3.8, 4) is 0 Å². The van der Waals surface area contributed by atoms with E-state index in [1.807, 2.05) is 0 Å². The molecule has 10 heteroatoms. The Morgan fingerprint density at radius 1 is 1.12 bits per heavy atom. The maximum atomic E-state index is 13.2. The molecule has 4 rings (SSSR count). The number of halogens is 1. The average molecular weight is 527 g/mol. The third-order valence-electron chi connectivity index (χ3n) is 5.10. The van der Waals surface area contributed by atoms with Crippen LogP contribution in [0.3, 0.4) is 0 Å². The number of aromatic nitrogens is 2. The van der Waals surface area contributed by atoms with Gasteiger partial charge in [-0.05, 0) is 54.6 Å². The second kappa shape index (κ2) is 9.16. The third-order valence-corrected chi connectivity index (χ3v) is 7.41. The van der Waals surface area contributed by atoms with E-state index in [2.05, 4.69) is 31.2 Å². The number of fused-ring (bicyclic) bond motifs is 1. The van der Waals surface area contributed by atoms with Crippen molar-refractivity contribution in [2.24, 2.45) is 0 Å². The van der Waals surface area contributed by atoms with Crippen molar-refractivity contribution in [2.45, 2.75) is 11.4 Å². The molecule has 2 aromatic carbocycles. The number of amides is 1. The van der Waals surface area contributed by atoms with Crippen LogP contribution < -0.4 is 15.1 Å². The van der Waals surface area contributed by atoms with Gasteiger partial charge in [0, 0.05) is 34.8 Å². The number of aromatic amines is 1. The number of nitrogens with zero attached hydrogens (tertiary/aromatic N) is 2. The summed E-state index contributed by atoms with van der Waals surface area (Å²) < 4.78 is 28.3. The van der Waals surface area contributed by atoms with E-state index < -0.39 is 21.4 Å². The molecule has 0 saturated heterocycles. The summed E-state index contributed by atoms with van der Waals surface area (Å²) in [6.45, 7) is 0.156. The fraction of sp³-hybridized carbons (Fsp3) is 0.0870. The van der Waals surface area contributed by atoms with Gasteiger partial charge in [0.1, 0.15) is 5.56 Å². The van der Waals surface area contributed by atoms with Crippen molar-refractivity contribution in [3.05, 3.63) is 99.0 Å². The first kappa shape index (κ1) is 22.7. The monoisotopic (exact) mass is 526 g/mol. The van der Waals surface area contributed by atoms with Gasteiger partial charge in [-0.25, -0.2) is 8.42 Å². The molecule has 0 fully saturated rings. The molecule has 0 bridgehead atoms. The van der Waals surface area contributed by atoms with E-state index in [9.17, 15) is 18.0 Å². The van der Waals surface area contributed by atoms with Gasteiger partial charge in [0.15, 0.2) is 0 Å². The topological polar surface area (TPSA) is 112 Å². The van der Waals surface area contributed by atoms with Crippen LogP contribution in [0, 0.1) is 0 Å². The van der Waals surface area contributed by atoms with Crippen molar-refractivity contribution in [2.75, 3.05) is 11.4 Å². The van der Waals surface area contributed by atoms with Crippen LogP contribution in [-0.4, -0.2) is 31.3 Å². The van der Waals surface area contributed by atoms with Crippen LogP contribution in [0.25, 0.3) is 10.9 Å². The van der Waals surface area contributed by atoms with E-state index in [-0.39, 0.29) is 22.4 Å². The lowest BCUT2D eigenvalue weighted by molar-refractivity contribution is 0.0949. The second-order valence-corrected chi connectivity index (χ2v) is 10.1. The molecule has 2 heterocycles. The Hall–Kier alpha value is -3.50. The van der Waals surface area contributed by atoms with E-state index in [0.717, 1.165) is 8.78 Å². The first-order valence-electron chi connectivity index (χ1n) is 9.85. The number of H-pyrrole nitrogens is 1. The first-order chi connectivity index (χ1) is 15.8. The Morgan fingerprint density at radius 3 is 2.58 bits per heavy atom. The zero-order chi connectivity index (χ0) is 23.6. The fourth-order valence-corrected chi connectivity index (χ4v) is 4.73. The molecule has 168 valence electrons. The van der Waals surface area contributed by atoms with Crippen LogP contribution >= 0.6 is 15.9 Å². The molecule has 4 aromatic rings. The van der Waals surface area contributed by atoms with Gasteiger partial charge in [-0.2, -0.15) is 0 Å². The highest BCUT2D eigenvalue weighted by atomic mass is 79.9. The van der Waals surface area contributed by atoms with E-state index >= 15 is 0 Å².